The fraction of sp³-hybridized carbons (Fsp3) is 0.625. The molecule has 2 nitrogen and oxygen atoms in total. The van der Waals surface area contributed by atoms with Gasteiger partial charge in [0.25, 0.3) is 0 Å². The summed E-state index contributed by atoms with van der Waals surface area (Å²) in [5.41, 5.74) is 2.82. The highest BCUT2D eigenvalue weighted by atomic mass is 15.2. The Morgan fingerprint density at radius 3 is 2.50 bits per heavy atom. The predicted molar refractivity (Wildman–Crippen MR) is 77.1 cm³/mol. The van der Waals surface area contributed by atoms with Crippen LogP contribution in [0.5, 0.6) is 0 Å². The largest absolute Gasteiger partial charge is 0.378 e. The van der Waals surface area contributed by atoms with Gasteiger partial charge in [-0.15, -0.1) is 0 Å². The van der Waals surface area contributed by atoms with Gasteiger partial charge in [0.15, 0.2) is 0 Å². The van der Waals surface area contributed by atoms with Crippen LogP contribution < -0.4 is 4.90 Å². The zero-order valence-corrected chi connectivity index (χ0v) is 11.6. The molecular formula is C16H24N2. The maximum Gasteiger partial charge on any atom is 0.0361 e. The number of nitrogens with zero attached hydrogens (tertiary/aromatic N) is 2. The van der Waals surface area contributed by atoms with Gasteiger partial charge in [0.1, 0.15) is 0 Å². The molecule has 0 N–H and O–H groups in total. The molecule has 1 aromatic carbocycles. The van der Waals surface area contributed by atoms with Crippen LogP contribution in [0.3, 0.4) is 0 Å². The van der Waals surface area contributed by atoms with Gasteiger partial charge in [0.05, 0.1) is 0 Å². The number of fused-ring (bicyclic) bond motifs is 1. The highest BCUT2D eigenvalue weighted by Gasteiger charge is 2.35. The lowest BCUT2D eigenvalue weighted by atomic mass is 10.0. The lowest BCUT2D eigenvalue weighted by Gasteiger charge is -2.34. The van der Waals surface area contributed by atoms with Crippen LogP contribution in [0.15, 0.2) is 24.3 Å². The van der Waals surface area contributed by atoms with Crippen molar-refractivity contribution >= 4 is 5.69 Å². The maximum absolute atomic E-state index is 2.76. The Morgan fingerprint density at radius 1 is 1.00 bits per heavy atom. The van der Waals surface area contributed by atoms with Crippen LogP contribution in [0.4, 0.5) is 5.69 Å². The minimum atomic E-state index is 0.687. The van der Waals surface area contributed by atoms with Crippen molar-refractivity contribution in [1.29, 1.82) is 0 Å². The smallest absolute Gasteiger partial charge is 0.0361 e. The van der Waals surface area contributed by atoms with Crippen molar-refractivity contribution in [3.63, 3.8) is 0 Å². The average molecular weight is 244 g/mol. The van der Waals surface area contributed by atoms with Crippen LogP contribution >= 0.6 is 0 Å². The van der Waals surface area contributed by atoms with Gasteiger partial charge < -0.3 is 4.90 Å². The average Bonchev–Trinajstić information content (AvgIpc) is 2.82. The van der Waals surface area contributed by atoms with Crippen molar-refractivity contribution in [2.75, 3.05) is 25.5 Å². The molecule has 98 valence electrons. The Labute approximate surface area is 111 Å². The molecule has 0 aliphatic carbocycles. The Hall–Kier alpha value is -1.02. The molecule has 0 aromatic heterocycles. The Kier molecular flexibility index (Phi) is 3.29. The molecule has 0 bridgehead atoms. The zero-order chi connectivity index (χ0) is 12.5. The molecule has 2 saturated heterocycles. The van der Waals surface area contributed by atoms with Crippen molar-refractivity contribution in [2.45, 2.75) is 44.2 Å². The van der Waals surface area contributed by atoms with Crippen LogP contribution in [0.2, 0.25) is 0 Å². The van der Waals surface area contributed by atoms with Gasteiger partial charge in [-0.1, -0.05) is 18.6 Å². The molecule has 3 rings (SSSR count). The molecule has 2 fully saturated rings. The van der Waals surface area contributed by atoms with Gasteiger partial charge in [-0.3, -0.25) is 4.90 Å². The zero-order valence-electron chi connectivity index (χ0n) is 11.6. The number of hydrogen-bond donors (Lipinski definition) is 0. The predicted octanol–water partition coefficient (Wildman–Crippen LogP) is 3.44. The van der Waals surface area contributed by atoms with Gasteiger partial charge in [0, 0.05) is 31.9 Å². The van der Waals surface area contributed by atoms with E-state index in [9.17, 15) is 0 Å². The van der Waals surface area contributed by atoms with E-state index >= 15 is 0 Å². The molecule has 2 aliphatic heterocycles. The van der Waals surface area contributed by atoms with Crippen LogP contribution in [0.25, 0.3) is 0 Å². The summed E-state index contributed by atoms with van der Waals surface area (Å²) in [4.78, 5) is 4.93. The topological polar surface area (TPSA) is 6.48 Å². The molecule has 0 radical (unpaired) electrons. The number of benzene rings is 1. The summed E-state index contributed by atoms with van der Waals surface area (Å²) < 4.78 is 0. The fourth-order valence-corrected chi connectivity index (χ4v) is 3.61. The van der Waals surface area contributed by atoms with Crippen molar-refractivity contribution in [3.8, 4) is 0 Å². The van der Waals surface area contributed by atoms with E-state index in [0.29, 0.717) is 6.04 Å². The SMILES string of the molecule is CN(C)c1ccc([C@H]2CC[C@H]3CCCCN32)cc1. The molecule has 0 spiro atoms. The first-order valence-electron chi connectivity index (χ1n) is 7.29. The van der Waals surface area contributed by atoms with Crippen LogP contribution in [0, 0.1) is 0 Å². The summed E-state index contributed by atoms with van der Waals surface area (Å²) in [6.45, 7) is 1.31. The van der Waals surface area contributed by atoms with Crippen LogP contribution in [-0.4, -0.2) is 31.6 Å². The van der Waals surface area contributed by atoms with E-state index in [2.05, 4.69) is 48.2 Å². The lowest BCUT2D eigenvalue weighted by molar-refractivity contribution is 0.150. The molecule has 0 unspecified atom stereocenters. The fourth-order valence-electron chi connectivity index (χ4n) is 3.61. The normalized spacial score (nSPS) is 28.1. The second kappa shape index (κ2) is 4.93. The van der Waals surface area contributed by atoms with Crippen LogP contribution in [0.1, 0.15) is 43.7 Å². The molecule has 1 aromatic rings. The summed E-state index contributed by atoms with van der Waals surface area (Å²) in [5, 5.41) is 0. The van der Waals surface area contributed by atoms with E-state index < -0.39 is 0 Å². The molecular weight excluding hydrogens is 220 g/mol. The number of hydrogen-bond acceptors (Lipinski definition) is 2. The minimum absolute atomic E-state index is 0.687. The van der Waals surface area contributed by atoms with Crippen molar-refractivity contribution < 1.29 is 0 Å². The highest BCUT2D eigenvalue weighted by Crippen LogP contribution is 2.40. The van der Waals surface area contributed by atoms with Gasteiger partial charge >= 0.3 is 0 Å². The second-order valence-electron chi connectivity index (χ2n) is 5.97. The third-order valence-corrected chi connectivity index (χ3v) is 4.64. The molecule has 2 atom stereocenters. The van der Waals surface area contributed by atoms with E-state index in [1.54, 1.807) is 0 Å². The maximum atomic E-state index is 2.76. The van der Waals surface area contributed by atoms with Gasteiger partial charge in [-0.05, 0) is 49.9 Å². The van der Waals surface area contributed by atoms with Crippen molar-refractivity contribution in [3.05, 3.63) is 29.8 Å². The Balaban J connectivity index is 1.78. The first-order chi connectivity index (χ1) is 8.75. The second-order valence-corrected chi connectivity index (χ2v) is 5.97. The van der Waals surface area contributed by atoms with E-state index in [1.165, 1.54) is 49.9 Å². The van der Waals surface area contributed by atoms with Crippen molar-refractivity contribution in [1.82, 2.24) is 4.90 Å². The molecule has 2 aliphatic rings. The molecule has 0 amide bonds. The van der Waals surface area contributed by atoms with E-state index in [0.717, 1.165) is 6.04 Å². The first kappa shape index (κ1) is 12.0. The first-order valence-corrected chi connectivity index (χ1v) is 7.29. The Morgan fingerprint density at radius 2 is 1.78 bits per heavy atom. The lowest BCUT2D eigenvalue weighted by Crippen LogP contribution is -2.35. The number of anilines is 1. The summed E-state index contributed by atoms with van der Waals surface area (Å²) in [6, 6.07) is 10.7. The summed E-state index contributed by atoms with van der Waals surface area (Å²) in [5.74, 6) is 0. The molecule has 2 heteroatoms. The molecule has 18 heavy (non-hydrogen) atoms. The molecule has 0 saturated carbocycles. The van der Waals surface area contributed by atoms with Gasteiger partial charge in [-0.2, -0.15) is 0 Å². The van der Waals surface area contributed by atoms with E-state index in [1.807, 2.05) is 0 Å². The van der Waals surface area contributed by atoms with Gasteiger partial charge in [0.2, 0.25) is 0 Å². The number of piperidine rings is 1. The third kappa shape index (κ3) is 2.14. The third-order valence-electron chi connectivity index (χ3n) is 4.64. The number of rotatable bonds is 2. The molecule has 2 heterocycles. The van der Waals surface area contributed by atoms with Crippen molar-refractivity contribution in [2.24, 2.45) is 0 Å². The monoisotopic (exact) mass is 244 g/mol. The minimum Gasteiger partial charge on any atom is -0.378 e. The Bertz CT molecular complexity index is 396. The summed E-state index contributed by atoms with van der Waals surface area (Å²) >= 11 is 0. The highest BCUT2D eigenvalue weighted by molar-refractivity contribution is 5.46. The van der Waals surface area contributed by atoms with E-state index in [-0.39, 0.29) is 0 Å². The summed E-state index contributed by atoms with van der Waals surface area (Å²) in [7, 11) is 4.20. The summed E-state index contributed by atoms with van der Waals surface area (Å²) in [6.07, 6.45) is 7.01. The van der Waals surface area contributed by atoms with Gasteiger partial charge in [-0.25, -0.2) is 0 Å². The van der Waals surface area contributed by atoms with Crippen LogP contribution in [-0.2, 0) is 0 Å². The van der Waals surface area contributed by atoms with E-state index in [4.69, 9.17) is 0 Å². The quantitative estimate of drug-likeness (QED) is 0.786. The standard InChI is InChI=1S/C16H24N2/c1-17(2)14-8-6-13(7-9-14)16-11-10-15-5-3-4-12-18(15)16/h6-9,15-16H,3-5,10-12H2,1-2H3/t15-,16-/m1/s1.